The van der Waals surface area contributed by atoms with Gasteiger partial charge < -0.3 is 14.8 Å². The van der Waals surface area contributed by atoms with Crippen molar-refractivity contribution in [3.8, 4) is 5.75 Å². The van der Waals surface area contributed by atoms with E-state index in [9.17, 15) is 10.1 Å². The smallest absolute Gasteiger partial charge is 0.273 e. The third kappa shape index (κ3) is 5.99. The average Bonchev–Trinajstić information content (AvgIpc) is 2.46. The van der Waals surface area contributed by atoms with E-state index >= 15 is 0 Å². The Hall–Kier alpha value is -1.66. The molecule has 6 heteroatoms. The molecule has 0 saturated carbocycles. The van der Waals surface area contributed by atoms with E-state index in [2.05, 4.69) is 12.2 Å². The minimum atomic E-state index is -0.412. The van der Waals surface area contributed by atoms with Crippen molar-refractivity contribution >= 4 is 5.69 Å². The minimum Gasteiger partial charge on any atom is -0.496 e. The quantitative estimate of drug-likeness (QED) is 0.405. The maximum atomic E-state index is 10.8. The van der Waals surface area contributed by atoms with Gasteiger partial charge in [-0.3, -0.25) is 10.1 Å². The Kier molecular flexibility index (Phi) is 7.60. The van der Waals surface area contributed by atoms with Crippen LogP contribution >= 0.6 is 0 Å². The van der Waals surface area contributed by atoms with Gasteiger partial charge in [0.15, 0.2) is 0 Å². The van der Waals surface area contributed by atoms with E-state index < -0.39 is 4.92 Å². The zero-order chi connectivity index (χ0) is 14.8. The molecule has 0 radical (unpaired) electrons. The zero-order valence-corrected chi connectivity index (χ0v) is 12.1. The predicted octanol–water partition coefficient (Wildman–Crippen LogP) is 2.51. The number of hydrogen-bond donors (Lipinski definition) is 1. The second-order valence-electron chi connectivity index (χ2n) is 4.44. The minimum absolute atomic E-state index is 0.0485. The molecule has 0 aliphatic rings. The summed E-state index contributed by atoms with van der Waals surface area (Å²) in [6, 6.07) is 4.78. The van der Waals surface area contributed by atoms with Crippen molar-refractivity contribution < 1.29 is 14.4 Å². The summed E-state index contributed by atoms with van der Waals surface area (Å²) in [5.74, 6) is 0.502. The van der Waals surface area contributed by atoms with Crippen LogP contribution in [0.1, 0.15) is 25.3 Å². The Morgan fingerprint density at radius 1 is 1.30 bits per heavy atom. The lowest BCUT2D eigenvalue weighted by Crippen LogP contribution is -2.16. The molecule has 1 rings (SSSR count). The van der Waals surface area contributed by atoms with Crippen molar-refractivity contribution in [2.24, 2.45) is 0 Å². The van der Waals surface area contributed by atoms with Gasteiger partial charge in [0.05, 0.1) is 18.1 Å². The van der Waals surface area contributed by atoms with Gasteiger partial charge in [-0.05, 0) is 31.0 Å². The lowest BCUT2D eigenvalue weighted by molar-refractivity contribution is -0.385. The summed E-state index contributed by atoms with van der Waals surface area (Å²) in [6.45, 7) is 5.00. The van der Waals surface area contributed by atoms with E-state index in [-0.39, 0.29) is 5.69 Å². The third-order valence-corrected chi connectivity index (χ3v) is 2.72. The lowest BCUT2D eigenvalue weighted by atomic mass is 10.2. The summed E-state index contributed by atoms with van der Waals surface area (Å²) >= 11 is 0. The molecule has 0 aliphatic carbocycles. The van der Waals surface area contributed by atoms with Gasteiger partial charge in [-0.1, -0.05) is 6.92 Å². The van der Waals surface area contributed by atoms with Gasteiger partial charge in [0.2, 0.25) is 0 Å². The summed E-state index contributed by atoms with van der Waals surface area (Å²) in [5, 5.41) is 14.0. The van der Waals surface area contributed by atoms with Crippen LogP contribution in [0.2, 0.25) is 0 Å². The zero-order valence-electron chi connectivity index (χ0n) is 12.1. The first-order valence-electron chi connectivity index (χ1n) is 6.78. The SMILES string of the molecule is CCCOCCCNCc1cc(OC)cc([N+](=O)[O-])c1. The van der Waals surface area contributed by atoms with Crippen molar-refractivity contribution in [2.45, 2.75) is 26.3 Å². The molecule has 6 nitrogen and oxygen atoms in total. The normalized spacial score (nSPS) is 10.5. The first kappa shape index (κ1) is 16.4. The highest BCUT2D eigenvalue weighted by Crippen LogP contribution is 2.22. The number of nitrogens with zero attached hydrogens (tertiary/aromatic N) is 1. The van der Waals surface area contributed by atoms with E-state index in [0.29, 0.717) is 12.3 Å². The molecule has 0 saturated heterocycles. The van der Waals surface area contributed by atoms with Gasteiger partial charge in [0.1, 0.15) is 5.75 Å². The molecule has 0 aliphatic heterocycles. The van der Waals surface area contributed by atoms with Crippen molar-refractivity contribution in [1.82, 2.24) is 5.32 Å². The van der Waals surface area contributed by atoms with Gasteiger partial charge in [-0.25, -0.2) is 0 Å². The van der Waals surface area contributed by atoms with Crippen LogP contribution in [-0.4, -0.2) is 31.8 Å². The fourth-order valence-electron chi connectivity index (χ4n) is 1.75. The van der Waals surface area contributed by atoms with Crippen molar-refractivity contribution in [1.29, 1.82) is 0 Å². The van der Waals surface area contributed by atoms with Gasteiger partial charge >= 0.3 is 0 Å². The van der Waals surface area contributed by atoms with Crippen LogP contribution in [0.3, 0.4) is 0 Å². The van der Waals surface area contributed by atoms with Gasteiger partial charge in [0.25, 0.3) is 5.69 Å². The molecule has 1 aromatic carbocycles. The number of non-ortho nitro benzene ring substituents is 1. The maximum Gasteiger partial charge on any atom is 0.273 e. The molecular weight excluding hydrogens is 260 g/mol. The van der Waals surface area contributed by atoms with Gasteiger partial charge in [0, 0.05) is 25.8 Å². The Balaban J connectivity index is 2.39. The summed E-state index contributed by atoms with van der Waals surface area (Å²) in [6.07, 6.45) is 1.95. The molecule has 20 heavy (non-hydrogen) atoms. The number of nitro groups is 1. The van der Waals surface area contributed by atoms with E-state index in [4.69, 9.17) is 9.47 Å². The van der Waals surface area contributed by atoms with E-state index in [1.807, 2.05) is 0 Å². The standard InChI is InChI=1S/C14H22N2O4/c1-3-6-20-7-4-5-15-11-12-8-13(16(17)18)10-14(9-12)19-2/h8-10,15H,3-7,11H2,1-2H3. The number of nitrogens with one attached hydrogen (secondary N) is 1. The molecule has 0 atom stereocenters. The van der Waals surface area contributed by atoms with Crippen molar-refractivity contribution in [2.75, 3.05) is 26.9 Å². The second-order valence-corrected chi connectivity index (χ2v) is 4.44. The van der Waals surface area contributed by atoms with E-state index in [1.54, 1.807) is 12.1 Å². The summed E-state index contributed by atoms with van der Waals surface area (Å²) in [5.41, 5.74) is 0.887. The molecule has 0 spiro atoms. The average molecular weight is 282 g/mol. The third-order valence-electron chi connectivity index (χ3n) is 2.72. The number of rotatable bonds is 10. The molecule has 1 N–H and O–H groups in total. The molecule has 0 aromatic heterocycles. The molecule has 1 aromatic rings. The molecule has 112 valence electrons. The maximum absolute atomic E-state index is 10.8. The fraction of sp³-hybridized carbons (Fsp3) is 0.571. The number of nitro benzene ring substituents is 1. The predicted molar refractivity (Wildman–Crippen MR) is 77.1 cm³/mol. The highest BCUT2D eigenvalue weighted by Gasteiger charge is 2.09. The second kappa shape index (κ2) is 9.28. The topological polar surface area (TPSA) is 73.6 Å². The highest BCUT2D eigenvalue weighted by atomic mass is 16.6. The highest BCUT2D eigenvalue weighted by molar-refractivity contribution is 5.42. The lowest BCUT2D eigenvalue weighted by Gasteiger charge is -2.07. The first-order valence-corrected chi connectivity index (χ1v) is 6.78. The Bertz CT molecular complexity index is 424. The molecular formula is C14H22N2O4. The molecule has 0 bridgehead atoms. The van der Waals surface area contributed by atoms with Crippen LogP contribution in [-0.2, 0) is 11.3 Å². The van der Waals surface area contributed by atoms with Crippen LogP contribution in [0.5, 0.6) is 5.75 Å². The Morgan fingerprint density at radius 2 is 2.10 bits per heavy atom. The van der Waals surface area contributed by atoms with Gasteiger partial charge in [-0.2, -0.15) is 0 Å². The number of ether oxygens (including phenoxy) is 2. The van der Waals surface area contributed by atoms with E-state index in [1.165, 1.54) is 13.2 Å². The van der Waals surface area contributed by atoms with Crippen molar-refractivity contribution in [3.63, 3.8) is 0 Å². The summed E-state index contributed by atoms with van der Waals surface area (Å²) < 4.78 is 10.4. The Morgan fingerprint density at radius 3 is 2.75 bits per heavy atom. The number of benzene rings is 1. The van der Waals surface area contributed by atoms with Crippen LogP contribution in [0.15, 0.2) is 18.2 Å². The molecule has 0 heterocycles. The molecule has 0 amide bonds. The summed E-state index contributed by atoms with van der Waals surface area (Å²) in [4.78, 5) is 10.4. The fourth-order valence-corrected chi connectivity index (χ4v) is 1.75. The molecule has 0 fully saturated rings. The van der Waals surface area contributed by atoms with Crippen molar-refractivity contribution in [3.05, 3.63) is 33.9 Å². The first-order chi connectivity index (χ1) is 9.67. The van der Waals surface area contributed by atoms with Crippen LogP contribution in [0, 0.1) is 10.1 Å². The number of methoxy groups -OCH3 is 1. The van der Waals surface area contributed by atoms with Crippen LogP contribution < -0.4 is 10.1 Å². The summed E-state index contributed by atoms with van der Waals surface area (Å²) in [7, 11) is 1.50. The number of hydrogen-bond acceptors (Lipinski definition) is 5. The van der Waals surface area contributed by atoms with Gasteiger partial charge in [-0.15, -0.1) is 0 Å². The van der Waals surface area contributed by atoms with E-state index in [0.717, 1.165) is 38.2 Å². The van der Waals surface area contributed by atoms with Crippen LogP contribution in [0.4, 0.5) is 5.69 Å². The Labute approximate surface area is 119 Å². The largest absolute Gasteiger partial charge is 0.496 e. The van der Waals surface area contributed by atoms with Crippen LogP contribution in [0.25, 0.3) is 0 Å². The molecule has 0 unspecified atom stereocenters. The monoisotopic (exact) mass is 282 g/mol.